The SMILES string of the molecule is Cn1cnc(-c2cc3c(-c4c[nH]nc4-c4ccc(F)cc4)ncnc3o2)c1. The number of aryl methyl sites for hydroxylation is 1. The van der Waals surface area contributed by atoms with Crippen molar-refractivity contribution in [2.75, 3.05) is 0 Å². The third kappa shape index (κ3) is 2.58. The molecule has 0 saturated heterocycles. The number of fused-ring (bicyclic) bond motifs is 1. The molecule has 0 saturated carbocycles. The molecule has 0 aliphatic heterocycles. The number of nitrogens with one attached hydrogen (secondary N) is 1. The van der Waals surface area contributed by atoms with Gasteiger partial charge in [-0.3, -0.25) is 5.10 Å². The highest BCUT2D eigenvalue weighted by molar-refractivity contribution is 5.95. The first-order valence-electron chi connectivity index (χ1n) is 8.22. The number of halogens is 1. The van der Waals surface area contributed by atoms with Crippen molar-refractivity contribution < 1.29 is 8.81 Å². The number of nitrogens with zero attached hydrogens (tertiary/aromatic N) is 5. The van der Waals surface area contributed by atoms with Crippen LogP contribution in [0.2, 0.25) is 0 Å². The first-order chi connectivity index (χ1) is 13.2. The van der Waals surface area contributed by atoms with Crippen LogP contribution < -0.4 is 0 Å². The minimum Gasteiger partial charge on any atom is -0.436 e. The summed E-state index contributed by atoms with van der Waals surface area (Å²) in [5.41, 5.74) is 4.10. The van der Waals surface area contributed by atoms with Crippen molar-refractivity contribution >= 4 is 11.1 Å². The number of rotatable bonds is 3. The maximum Gasteiger partial charge on any atom is 0.230 e. The third-order valence-electron chi connectivity index (χ3n) is 4.30. The first-order valence-corrected chi connectivity index (χ1v) is 8.22. The molecule has 1 aromatic carbocycles. The topological polar surface area (TPSA) is 85.4 Å². The van der Waals surface area contributed by atoms with E-state index in [-0.39, 0.29) is 5.82 Å². The Morgan fingerprint density at radius 2 is 1.93 bits per heavy atom. The zero-order chi connectivity index (χ0) is 18.4. The monoisotopic (exact) mass is 360 g/mol. The lowest BCUT2D eigenvalue weighted by Gasteiger charge is -2.03. The summed E-state index contributed by atoms with van der Waals surface area (Å²) in [6, 6.07) is 8.04. The van der Waals surface area contributed by atoms with Crippen LogP contribution in [0.15, 0.2) is 59.8 Å². The molecule has 0 fully saturated rings. The maximum absolute atomic E-state index is 13.3. The molecule has 5 aromatic rings. The van der Waals surface area contributed by atoms with Gasteiger partial charge in [0.2, 0.25) is 5.71 Å². The Hall–Kier alpha value is -3.81. The van der Waals surface area contributed by atoms with Gasteiger partial charge in [-0.05, 0) is 30.3 Å². The second kappa shape index (κ2) is 5.87. The second-order valence-electron chi connectivity index (χ2n) is 6.13. The second-order valence-corrected chi connectivity index (χ2v) is 6.13. The van der Waals surface area contributed by atoms with Gasteiger partial charge in [0.1, 0.15) is 23.5 Å². The summed E-state index contributed by atoms with van der Waals surface area (Å²) in [5.74, 6) is 0.314. The largest absolute Gasteiger partial charge is 0.436 e. The van der Waals surface area contributed by atoms with Gasteiger partial charge < -0.3 is 8.98 Å². The van der Waals surface area contributed by atoms with E-state index in [4.69, 9.17) is 4.42 Å². The molecule has 132 valence electrons. The Kier molecular flexibility index (Phi) is 3.36. The smallest absolute Gasteiger partial charge is 0.230 e. The first kappa shape index (κ1) is 15.4. The molecule has 7 nitrogen and oxygen atoms in total. The van der Waals surface area contributed by atoms with Gasteiger partial charge in [0, 0.05) is 30.6 Å². The number of benzene rings is 1. The van der Waals surface area contributed by atoms with E-state index in [9.17, 15) is 4.39 Å². The standard InChI is InChI=1S/C19H13FN6O/c1-26-8-15(23-10-26)16-6-13-18(21-9-22-19(13)27-16)14-7-24-25-17(14)11-2-4-12(20)5-3-11/h2-10H,1H3,(H,24,25). The van der Waals surface area contributed by atoms with Gasteiger partial charge in [0.15, 0.2) is 5.76 Å². The molecule has 1 N–H and O–H groups in total. The Morgan fingerprint density at radius 3 is 2.70 bits per heavy atom. The molecule has 0 unspecified atom stereocenters. The van der Waals surface area contributed by atoms with Gasteiger partial charge in [-0.25, -0.2) is 19.3 Å². The van der Waals surface area contributed by atoms with Gasteiger partial charge >= 0.3 is 0 Å². The summed E-state index contributed by atoms with van der Waals surface area (Å²) >= 11 is 0. The summed E-state index contributed by atoms with van der Waals surface area (Å²) in [6.45, 7) is 0. The highest BCUT2D eigenvalue weighted by Crippen LogP contribution is 2.35. The van der Waals surface area contributed by atoms with E-state index in [1.165, 1.54) is 18.5 Å². The number of H-pyrrole nitrogens is 1. The summed E-state index contributed by atoms with van der Waals surface area (Å²) in [6.07, 6.45) is 6.78. The van der Waals surface area contributed by atoms with Crippen LogP contribution >= 0.6 is 0 Å². The molecule has 4 heterocycles. The van der Waals surface area contributed by atoms with Crippen molar-refractivity contribution in [3.8, 4) is 34.0 Å². The van der Waals surface area contributed by atoms with Crippen molar-refractivity contribution in [3.63, 3.8) is 0 Å². The molecule has 8 heteroatoms. The lowest BCUT2D eigenvalue weighted by atomic mass is 10.0. The van der Waals surface area contributed by atoms with Crippen LogP contribution in [0.25, 0.3) is 45.1 Å². The molecule has 27 heavy (non-hydrogen) atoms. The van der Waals surface area contributed by atoms with Crippen LogP contribution in [0.4, 0.5) is 4.39 Å². The van der Waals surface area contributed by atoms with Crippen LogP contribution in [-0.2, 0) is 7.05 Å². The van der Waals surface area contributed by atoms with E-state index in [0.717, 1.165) is 16.5 Å². The van der Waals surface area contributed by atoms with E-state index in [0.29, 0.717) is 28.6 Å². The average molecular weight is 360 g/mol. The van der Waals surface area contributed by atoms with E-state index in [1.54, 1.807) is 24.7 Å². The Bertz CT molecular complexity index is 1250. The van der Waals surface area contributed by atoms with Crippen molar-refractivity contribution in [1.29, 1.82) is 0 Å². The number of furan rings is 1. The normalized spacial score (nSPS) is 11.3. The molecule has 0 aliphatic rings. The quantitative estimate of drug-likeness (QED) is 0.529. The van der Waals surface area contributed by atoms with E-state index in [1.807, 2.05) is 23.9 Å². The fourth-order valence-corrected chi connectivity index (χ4v) is 3.03. The van der Waals surface area contributed by atoms with Crippen LogP contribution in [-0.4, -0.2) is 29.7 Å². The van der Waals surface area contributed by atoms with Crippen LogP contribution in [0.5, 0.6) is 0 Å². The van der Waals surface area contributed by atoms with Crippen LogP contribution in [0, 0.1) is 5.82 Å². The van der Waals surface area contributed by atoms with Gasteiger partial charge in [0.05, 0.1) is 17.4 Å². The molecule has 5 rings (SSSR count). The molecule has 4 aromatic heterocycles. The average Bonchev–Trinajstić information content (AvgIpc) is 3.40. The molecule has 0 spiro atoms. The highest BCUT2D eigenvalue weighted by atomic mass is 19.1. The van der Waals surface area contributed by atoms with Gasteiger partial charge in [-0.1, -0.05) is 0 Å². The summed E-state index contributed by atoms with van der Waals surface area (Å²) < 4.78 is 21.0. The van der Waals surface area contributed by atoms with Crippen molar-refractivity contribution in [1.82, 2.24) is 29.7 Å². The van der Waals surface area contributed by atoms with E-state index in [2.05, 4.69) is 25.1 Å². The molecular weight excluding hydrogens is 347 g/mol. The van der Waals surface area contributed by atoms with Crippen molar-refractivity contribution in [2.45, 2.75) is 0 Å². The van der Waals surface area contributed by atoms with E-state index < -0.39 is 0 Å². The van der Waals surface area contributed by atoms with Crippen molar-refractivity contribution in [3.05, 3.63) is 61.2 Å². The number of aromatic amines is 1. The minimum absolute atomic E-state index is 0.296. The summed E-state index contributed by atoms with van der Waals surface area (Å²) in [5, 5.41) is 7.93. The predicted molar refractivity (Wildman–Crippen MR) is 97.0 cm³/mol. The van der Waals surface area contributed by atoms with Crippen LogP contribution in [0.3, 0.4) is 0 Å². The molecule has 0 atom stereocenters. The molecule has 0 bridgehead atoms. The van der Waals surface area contributed by atoms with Gasteiger partial charge in [-0.2, -0.15) is 5.10 Å². The predicted octanol–water partition coefficient (Wildman–Crippen LogP) is 3.82. The number of hydrogen-bond acceptors (Lipinski definition) is 5. The Labute approximate surface area is 152 Å². The summed E-state index contributed by atoms with van der Waals surface area (Å²) in [7, 11) is 1.89. The minimum atomic E-state index is -0.296. The molecular formula is C19H13FN6O. The van der Waals surface area contributed by atoms with Crippen LogP contribution in [0.1, 0.15) is 0 Å². The fourth-order valence-electron chi connectivity index (χ4n) is 3.03. The lowest BCUT2D eigenvalue weighted by molar-refractivity contribution is 0.615. The fraction of sp³-hybridized carbons (Fsp3) is 0.0526. The zero-order valence-electron chi connectivity index (χ0n) is 14.2. The number of imidazole rings is 1. The lowest BCUT2D eigenvalue weighted by Crippen LogP contribution is -1.88. The zero-order valence-corrected chi connectivity index (χ0v) is 14.2. The Morgan fingerprint density at radius 1 is 1.07 bits per heavy atom. The molecule has 0 aliphatic carbocycles. The molecule has 0 radical (unpaired) electrons. The Balaban J connectivity index is 1.67. The van der Waals surface area contributed by atoms with Crippen molar-refractivity contribution in [2.24, 2.45) is 7.05 Å². The number of aromatic nitrogens is 6. The third-order valence-corrected chi connectivity index (χ3v) is 4.30. The van der Waals surface area contributed by atoms with E-state index >= 15 is 0 Å². The highest BCUT2D eigenvalue weighted by Gasteiger charge is 2.18. The summed E-state index contributed by atoms with van der Waals surface area (Å²) in [4.78, 5) is 13.0. The maximum atomic E-state index is 13.3. The van der Waals surface area contributed by atoms with Gasteiger partial charge in [-0.15, -0.1) is 0 Å². The number of hydrogen-bond donors (Lipinski definition) is 1. The molecule has 0 amide bonds. The van der Waals surface area contributed by atoms with Gasteiger partial charge in [0.25, 0.3) is 0 Å².